The number of hydroxylamine groups is 2. The molecule has 0 aromatic carbocycles. The van der Waals surface area contributed by atoms with Crippen molar-refractivity contribution in [2.45, 2.75) is 6.92 Å². The summed E-state index contributed by atoms with van der Waals surface area (Å²) in [6.07, 6.45) is 0. The third kappa shape index (κ3) is 9.08. The van der Waals surface area contributed by atoms with Crippen LogP contribution < -0.4 is 57.1 Å². The van der Waals surface area contributed by atoms with Gasteiger partial charge in [0.1, 0.15) is 6.54 Å². The second-order valence-electron chi connectivity index (χ2n) is 1.96. The number of nitrogens with two attached hydrogens (primary N) is 1. The maximum atomic E-state index is 10.2. The third-order valence-electron chi connectivity index (χ3n) is 1.00. The minimum Gasteiger partial charge on any atom is -1.00 e. The molecule has 0 amide bonds. The number of carboxylic acids is 1. The minimum absolute atomic E-state index is 0. The quantitative estimate of drug-likeness (QED) is 0.344. The van der Waals surface area contributed by atoms with E-state index >= 15 is 0 Å². The van der Waals surface area contributed by atoms with E-state index in [2.05, 4.69) is 0 Å². The van der Waals surface area contributed by atoms with Gasteiger partial charge in [0.25, 0.3) is 0 Å². The molecule has 0 aromatic rings. The molecule has 0 aromatic heterocycles. The first-order chi connectivity index (χ1) is 5.20. The summed E-state index contributed by atoms with van der Waals surface area (Å²) in [7, 11) is 0. The maximum Gasteiger partial charge on any atom is 1.00 e. The molecule has 0 unspecified atom stereocenters. The monoisotopic (exact) mass is 202 g/mol. The molecule has 0 bridgehead atoms. The van der Waals surface area contributed by atoms with Gasteiger partial charge < -0.3 is 12.3 Å². The minimum atomic E-state index is -0.910. The number of hydrogen-bond donors (Lipinski definition) is 2. The molecule has 5 nitrogen and oxygen atoms in total. The Morgan fingerprint density at radius 3 is 2.67 bits per heavy atom. The normalized spacial score (nSPS) is 9.58. The van der Waals surface area contributed by atoms with E-state index in [0.717, 1.165) is 0 Å². The van der Waals surface area contributed by atoms with E-state index in [1.807, 2.05) is 0 Å². The summed E-state index contributed by atoms with van der Waals surface area (Å²) in [5.74, 6) is -0.910. The number of nitrogens with zero attached hydrogens (tertiary/aromatic N) is 1. The van der Waals surface area contributed by atoms with Crippen molar-refractivity contribution < 1.29 is 67.5 Å². The van der Waals surface area contributed by atoms with Crippen LogP contribution in [-0.4, -0.2) is 42.4 Å². The van der Waals surface area contributed by atoms with Crippen molar-refractivity contribution >= 4 is 5.97 Å². The summed E-state index contributed by atoms with van der Waals surface area (Å²) in [5.41, 5.74) is 5.22. The van der Waals surface area contributed by atoms with Gasteiger partial charge in [0, 0.05) is 13.1 Å². The Hall–Kier alpha value is 0.986. The topological polar surface area (TPSA) is 75.8 Å². The number of aliphatic carboxylic acids is 1. The molecule has 0 saturated carbocycles. The van der Waals surface area contributed by atoms with Crippen molar-refractivity contribution in [2.24, 2.45) is 5.73 Å². The van der Waals surface area contributed by atoms with E-state index < -0.39 is 5.97 Å². The standard InChI is InChI=1S/C6H14N2O3.K.H/c1-2-11-8(4-3-7)5-6(9)10;;/h2-5,7H2,1H3,(H,9,10);;/q;+1;-1. The molecule has 0 spiro atoms. The number of carboxylic acid groups (broad SMARTS) is 1. The van der Waals surface area contributed by atoms with Crippen molar-refractivity contribution in [1.29, 1.82) is 0 Å². The largest absolute Gasteiger partial charge is 1.00 e. The SMILES string of the molecule is CCON(CCN)CC(=O)O.[H-].[K+]. The third-order valence-corrected chi connectivity index (χ3v) is 1.00. The molecule has 6 heteroatoms. The Morgan fingerprint density at radius 2 is 2.33 bits per heavy atom. The molecule has 3 N–H and O–H groups in total. The van der Waals surface area contributed by atoms with Gasteiger partial charge in [-0.3, -0.25) is 9.63 Å². The van der Waals surface area contributed by atoms with Gasteiger partial charge in [0.15, 0.2) is 0 Å². The Morgan fingerprint density at radius 1 is 1.75 bits per heavy atom. The molecular formula is C6H15KN2O3. The molecule has 0 rings (SSSR count). The van der Waals surface area contributed by atoms with Crippen LogP contribution in [0.1, 0.15) is 8.35 Å². The van der Waals surface area contributed by atoms with Crippen LogP contribution in [0.25, 0.3) is 0 Å². The summed E-state index contributed by atoms with van der Waals surface area (Å²) in [4.78, 5) is 15.2. The van der Waals surface area contributed by atoms with Crippen LogP contribution in [0.3, 0.4) is 0 Å². The van der Waals surface area contributed by atoms with Gasteiger partial charge in [-0.2, -0.15) is 5.06 Å². The fourth-order valence-electron chi connectivity index (χ4n) is 0.667. The van der Waals surface area contributed by atoms with Crippen LogP contribution in [0.2, 0.25) is 0 Å². The van der Waals surface area contributed by atoms with Crippen LogP contribution in [-0.2, 0) is 9.63 Å². The molecular weight excluding hydrogens is 187 g/mol. The fourth-order valence-corrected chi connectivity index (χ4v) is 0.667. The first-order valence-electron chi connectivity index (χ1n) is 3.50. The molecule has 12 heavy (non-hydrogen) atoms. The summed E-state index contributed by atoms with van der Waals surface area (Å²) in [6.45, 7) is 2.98. The Labute approximate surface area is 116 Å². The zero-order valence-corrected chi connectivity index (χ0v) is 10.7. The summed E-state index contributed by atoms with van der Waals surface area (Å²) in [5, 5.41) is 9.71. The van der Waals surface area contributed by atoms with Crippen LogP contribution in [0, 0.1) is 0 Å². The predicted octanol–water partition coefficient (Wildman–Crippen LogP) is -3.60. The van der Waals surface area contributed by atoms with Gasteiger partial charge in [-0.1, -0.05) is 0 Å². The molecule has 0 aliphatic heterocycles. The molecule has 0 fully saturated rings. The van der Waals surface area contributed by atoms with Gasteiger partial charge in [-0.05, 0) is 6.92 Å². The Kier molecular flexibility index (Phi) is 13.0. The molecule has 0 aliphatic rings. The zero-order valence-electron chi connectivity index (χ0n) is 8.62. The van der Waals surface area contributed by atoms with Crippen molar-refractivity contribution in [1.82, 2.24) is 5.06 Å². The zero-order chi connectivity index (χ0) is 8.69. The van der Waals surface area contributed by atoms with Gasteiger partial charge in [-0.15, -0.1) is 0 Å². The Bertz CT molecular complexity index is 122. The van der Waals surface area contributed by atoms with Crippen molar-refractivity contribution in [3.63, 3.8) is 0 Å². The summed E-state index contributed by atoms with van der Waals surface area (Å²) in [6, 6.07) is 0. The summed E-state index contributed by atoms with van der Waals surface area (Å²) >= 11 is 0. The maximum absolute atomic E-state index is 10.2. The van der Waals surface area contributed by atoms with Crippen LogP contribution >= 0.6 is 0 Å². The average molecular weight is 202 g/mol. The second-order valence-corrected chi connectivity index (χ2v) is 1.96. The summed E-state index contributed by atoms with van der Waals surface area (Å²) < 4.78 is 0. The molecule has 0 radical (unpaired) electrons. The smallest absolute Gasteiger partial charge is 1.00 e. The van der Waals surface area contributed by atoms with Gasteiger partial charge in [0.2, 0.25) is 0 Å². The van der Waals surface area contributed by atoms with Gasteiger partial charge in [-0.25, -0.2) is 0 Å². The predicted molar refractivity (Wildman–Crippen MR) is 41.0 cm³/mol. The van der Waals surface area contributed by atoms with E-state index in [0.29, 0.717) is 19.7 Å². The average Bonchev–Trinajstić information content (AvgIpc) is 1.87. The van der Waals surface area contributed by atoms with E-state index in [4.69, 9.17) is 15.7 Å². The van der Waals surface area contributed by atoms with E-state index in [-0.39, 0.29) is 59.4 Å². The van der Waals surface area contributed by atoms with E-state index in [1.54, 1.807) is 6.92 Å². The molecule has 0 saturated heterocycles. The fraction of sp³-hybridized carbons (Fsp3) is 0.833. The van der Waals surface area contributed by atoms with E-state index in [1.165, 1.54) is 5.06 Å². The number of carbonyl (C=O) groups is 1. The Balaban J connectivity index is -0.000000500. The van der Waals surface area contributed by atoms with Crippen molar-refractivity contribution in [3.05, 3.63) is 0 Å². The van der Waals surface area contributed by atoms with Crippen molar-refractivity contribution in [3.8, 4) is 0 Å². The molecule has 0 heterocycles. The number of rotatable bonds is 6. The second kappa shape index (κ2) is 10.1. The van der Waals surface area contributed by atoms with E-state index in [9.17, 15) is 4.79 Å². The number of hydrogen-bond acceptors (Lipinski definition) is 4. The molecule has 0 atom stereocenters. The molecule has 0 aliphatic carbocycles. The van der Waals surface area contributed by atoms with Crippen LogP contribution in [0.5, 0.6) is 0 Å². The van der Waals surface area contributed by atoms with Crippen molar-refractivity contribution in [2.75, 3.05) is 26.2 Å². The van der Waals surface area contributed by atoms with Crippen LogP contribution in [0.15, 0.2) is 0 Å². The molecule has 68 valence electrons. The van der Waals surface area contributed by atoms with Gasteiger partial charge >= 0.3 is 57.4 Å². The first kappa shape index (κ1) is 15.5. The van der Waals surface area contributed by atoms with Gasteiger partial charge in [0.05, 0.1) is 6.61 Å². The first-order valence-corrected chi connectivity index (χ1v) is 3.50. The van der Waals surface area contributed by atoms with Crippen LogP contribution in [0.4, 0.5) is 0 Å².